The molecule has 110 valence electrons. The Morgan fingerprint density at radius 2 is 2.18 bits per heavy atom. The molecule has 0 aromatic heterocycles. The third kappa shape index (κ3) is 2.43. The van der Waals surface area contributed by atoms with E-state index in [4.69, 9.17) is 15.3 Å². The average molecular weight is 310 g/mol. The van der Waals surface area contributed by atoms with Gasteiger partial charge in [0.1, 0.15) is 11.4 Å². The first kappa shape index (κ1) is 14.5. The SMILES string of the molecule is CC1(C)Oc2ccc(C#N)cc2C=C1N1CCSC1=NC#N. The fourth-order valence-electron chi connectivity index (χ4n) is 2.64. The Kier molecular flexibility index (Phi) is 3.56. The molecule has 2 aliphatic heterocycles. The van der Waals surface area contributed by atoms with Gasteiger partial charge < -0.3 is 9.64 Å². The first-order valence-corrected chi connectivity index (χ1v) is 7.86. The fourth-order valence-corrected chi connectivity index (χ4v) is 3.54. The summed E-state index contributed by atoms with van der Waals surface area (Å²) in [5, 5.41) is 18.6. The van der Waals surface area contributed by atoms with Gasteiger partial charge in [-0.05, 0) is 38.1 Å². The second-order valence-corrected chi connectivity index (χ2v) is 6.56. The van der Waals surface area contributed by atoms with Gasteiger partial charge >= 0.3 is 0 Å². The molecule has 0 aliphatic carbocycles. The van der Waals surface area contributed by atoms with Crippen LogP contribution < -0.4 is 4.74 Å². The average Bonchev–Trinajstić information content (AvgIpc) is 2.93. The Morgan fingerprint density at radius 3 is 2.91 bits per heavy atom. The predicted octanol–water partition coefficient (Wildman–Crippen LogP) is 2.96. The highest BCUT2D eigenvalue weighted by molar-refractivity contribution is 8.14. The summed E-state index contributed by atoms with van der Waals surface area (Å²) >= 11 is 1.56. The summed E-state index contributed by atoms with van der Waals surface area (Å²) in [6.07, 6.45) is 3.88. The molecule has 0 spiro atoms. The smallest absolute Gasteiger partial charge is 0.208 e. The maximum absolute atomic E-state index is 9.05. The van der Waals surface area contributed by atoms with Crippen molar-refractivity contribution >= 4 is 23.0 Å². The van der Waals surface area contributed by atoms with Crippen LogP contribution in [-0.4, -0.2) is 28.0 Å². The van der Waals surface area contributed by atoms with E-state index in [0.717, 1.165) is 29.3 Å². The molecular formula is C16H14N4OS. The second-order valence-electron chi connectivity index (χ2n) is 5.50. The molecular weight excluding hydrogens is 296 g/mol. The first-order valence-electron chi connectivity index (χ1n) is 6.87. The van der Waals surface area contributed by atoms with Crippen molar-refractivity contribution in [1.82, 2.24) is 4.90 Å². The lowest BCUT2D eigenvalue weighted by molar-refractivity contribution is 0.122. The van der Waals surface area contributed by atoms with Crippen molar-refractivity contribution in [2.45, 2.75) is 19.4 Å². The molecule has 22 heavy (non-hydrogen) atoms. The number of nitriles is 2. The summed E-state index contributed by atoms with van der Waals surface area (Å²) in [5.74, 6) is 1.65. The number of nitrogens with zero attached hydrogens (tertiary/aromatic N) is 4. The molecule has 0 saturated carbocycles. The quantitative estimate of drug-likeness (QED) is 0.746. The monoisotopic (exact) mass is 310 g/mol. The molecule has 0 N–H and O–H groups in total. The number of thioether (sulfide) groups is 1. The predicted molar refractivity (Wildman–Crippen MR) is 86.1 cm³/mol. The van der Waals surface area contributed by atoms with E-state index >= 15 is 0 Å². The molecule has 0 unspecified atom stereocenters. The van der Waals surface area contributed by atoms with Crippen molar-refractivity contribution in [3.63, 3.8) is 0 Å². The van der Waals surface area contributed by atoms with Crippen LogP contribution in [0.4, 0.5) is 0 Å². The zero-order chi connectivity index (χ0) is 15.7. The minimum atomic E-state index is -0.526. The summed E-state index contributed by atoms with van der Waals surface area (Å²) in [5.41, 5.74) is 1.90. The van der Waals surface area contributed by atoms with E-state index in [0.29, 0.717) is 10.7 Å². The van der Waals surface area contributed by atoms with E-state index in [-0.39, 0.29) is 0 Å². The number of rotatable bonds is 1. The summed E-state index contributed by atoms with van der Waals surface area (Å²) < 4.78 is 6.10. The van der Waals surface area contributed by atoms with E-state index in [1.807, 2.05) is 43.1 Å². The Labute approximate surface area is 133 Å². The molecule has 2 aliphatic rings. The van der Waals surface area contributed by atoms with Crippen LogP contribution in [0.2, 0.25) is 0 Å². The maximum atomic E-state index is 9.05. The number of aliphatic imine (C=N–C) groups is 1. The minimum absolute atomic E-state index is 0.526. The van der Waals surface area contributed by atoms with Gasteiger partial charge in [-0.1, -0.05) is 11.8 Å². The second kappa shape index (κ2) is 5.40. The molecule has 1 aromatic carbocycles. The Morgan fingerprint density at radius 1 is 1.36 bits per heavy atom. The van der Waals surface area contributed by atoms with Crippen LogP contribution in [0.25, 0.3) is 6.08 Å². The van der Waals surface area contributed by atoms with Gasteiger partial charge in [-0.25, -0.2) is 0 Å². The van der Waals surface area contributed by atoms with E-state index in [2.05, 4.69) is 11.1 Å². The van der Waals surface area contributed by atoms with Gasteiger partial charge in [-0.3, -0.25) is 0 Å². The van der Waals surface area contributed by atoms with Crippen molar-refractivity contribution < 1.29 is 4.74 Å². The Balaban J connectivity index is 2.09. The van der Waals surface area contributed by atoms with Gasteiger partial charge in [0.25, 0.3) is 0 Å². The molecule has 0 amide bonds. The van der Waals surface area contributed by atoms with E-state index in [9.17, 15) is 0 Å². The number of hydrogen-bond donors (Lipinski definition) is 0. The molecule has 1 saturated heterocycles. The lowest BCUT2D eigenvalue weighted by Gasteiger charge is -2.38. The van der Waals surface area contributed by atoms with Crippen molar-refractivity contribution in [1.29, 1.82) is 10.5 Å². The molecule has 5 nitrogen and oxygen atoms in total. The zero-order valence-electron chi connectivity index (χ0n) is 12.3. The van der Waals surface area contributed by atoms with Crippen molar-refractivity contribution in [3.05, 3.63) is 35.0 Å². The number of hydrogen-bond acceptors (Lipinski definition) is 5. The molecule has 0 bridgehead atoms. The topological polar surface area (TPSA) is 72.4 Å². The van der Waals surface area contributed by atoms with Crippen LogP contribution in [0.15, 0.2) is 28.9 Å². The number of amidine groups is 1. The molecule has 3 rings (SSSR count). The third-order valence-electron chi connectivity index (χ3n) is 3.63. The normalized spacial score (nSPS) is 20.6. The van der Waals surface area contributed by atoms with Gasteiger partial charge in [0.15, 0.2) is 5.17 Å². The highest BCUT2D eigenvalue weighted by Gasteiger charge is 2.37. The van der Waals surface area contributed by atoms with Crippen LogP contribution in [0.1, 0.15) is 25.0 Å². The summed E-state index contributed by atoms with van der Waals surface area (Å²) in [7, 11) is 0. The number of benzene rings is 1. The Bertz CT molecular complexity index is 767. The van der Waals surface area contributed by atoms with Crippen LogP contribution >= 0.6 is 11.8 Å². The highest BCUT2D eigenvalue weighted by Crippen LogP contribution is 2.39. The molecule has 2 heterocycles. The summed E-state index contributed by atoms with van der Waals surface area (Å²) in [6, 6.07) is 7.53. The van der Waals surface area contributed by atoms with Crippen LogP contribution in [-0.2, 0) is 0 Å². The molecule has 1 fully saturated rings. The maximum Gasteiger partial charge on any atom is 0.208 e. The summed E-state index contributed by atoms with van der Waals surface area (Å²) in [4.78, 5) is 5.92. The lowest BCUT2D eigenvalue weighted by Crippen LogP contribution is -2.42. The van der Waals surface area contributed by atoms with Gasteiger partial charge in [-0.15, -0.1) is 4.99 Å². The molecule has 0 atom stereocenters. The largest absolute Gasteiger partial charge is 0.481 e. The molecule has 0 radical (unpaired) electrons. The van der Waals surface area contributed by atoms with Crippen LogP contribution in [0.5, 0.6) is 5.75 Å². The van der Waals surface area contributed by atoms with Crippen LogP contribution in [0, 0.1) is 22.8 Å². The van der Waals surface area contributed by atoms with Gasteiger partial charge in [0, 0.05) is 17.9 Å². The van der Waals surface area contributed by atoms with Crippen molar-refractivity contribution in [2.75, 3.05) is 12.3 Å². The van der Waals surface area contributed by atoms with Crippen LogP contribution in [0.3, 0.4) is 0 Å². The van der Waals surface area contributed by atoms with Gasteiger partial charge in [0.2, 0.25) is 6.19 Å². The van der Waals surface area contributed by atoms with E-state index < -0.39 is 5.60 Å². The van der Waals surface area contributed by atoms with Gasteiger partial charge in [-0.2, -0.15) is 10.5 Å². The van der Waals surface area contributed by atoms with E-state index in [1.54, 1.807) is 17.8 Å². The summed E-state index contributed by atoms with van der Waals surface area (Å²) in [6.45, 7) is 4.77. The number of fused-ring (bicyclic) bond motifs is 1. The highest BCUT2D eigenvalue weighted by atomic mass is 32.2. The number of ether oxygens (including phenoxy) is 1. The van der Waals surface area contributed by atoms with Crippen molar-refractivity contribution in [2.24, 2.45) is 4.99 Å². The molecule has 6 heteroatoms. The third-order valence-corrected chi connectivity index (χ3v) is 4.58. The van der Waals surface area contributed by atoms with Gasteiger partial charge in [0.05, 0.1) is 17.3 Å². The standard InChI is InChI=1S/C16H14N4OS/c1-16(2)14(20-5-6-22-15(20)19-10-18)8-12-7-11(9-17)3-4-13(12)21-16/h3-4,7-8H,5-6H2,1-2H3. The lowest BCUT2D eigenvalue weighted by atomic mass is 9.96. The molecule has 1 aromatic rings. The first-order chi connectivity index (χ1) is 10.5. The fraction of sp³-hybridized carbons (Fsp3) is 0.312. The zero-order valence-corrected chi connectivity index (χ0v) is 13.1. The van der Waals surface area contributed by atoms with Crippen molar-refractivity contribution in [3.8, 4) is 18.0 Å². The van der Waals surface area contributed by atoms with E-state index in [1.165, 1.54) is 0 Å². The Hall–Kier alpha value is -2.44. The minimum Gasteiger partial charge on any atom is -0.481 e.